The van der Waals surface area contributed by atoms with E-state index in [1.807, 2.05) is 19.9 Å². The second-order valence-electron chi connectivity index (χ2n) is 5.23. The van der Waals surface area contributed by atoms with Crippen LogP contribution in [0.4, 0.5) is 0 Å². The van der Waals surface area contributed by atoms with Crippen LogP contribution in [0.25, 0.3) is 0 Å². The average Bonchev–Trinajstić information content (AvgIpc) is 2.88. The van der Waals surface area contributed by atoms with Crippen molar-refractivity contribution in [2.45, 2.75) is 39.5 Å². The lowest BCUT2D eigenvalue weighted by molar-refractivity contribution is 0.0947. The van der Waals surface area contributed by atoms with E-state index in [-0.39, 0.29) is 5.91 Å². The molecular weight excluding hydrogens is 262 g/mol. The van der Waals surface area contributed by atoms with E-state index in [4.69, 9.17) is 0 Å². The molecule has 4 nitrogen and oxygen atoms in total. The van der Waals surface area contributed by atoms with Crippen LogP contribution in [-0.2, 0) is 12.8 Å². The minimum atomic E-state index is -0.0804. The van der Waals surface area contributed by atoms with Crippen LogP contribution >= 0.6 is 0 Å². The van der Waals surface area contributed by atoms with Gasteiger partial charge in [0.2, 0.25) is 0 Å². The molecule has 2 N–H and O–H groups in total. The number of hydrogen-bond acceptors (Lipinski definition) is 2. The van der Waals surface area contributed by atoms with Crippen molar-refractivity contribution in [2.75, 3.05) is 6.54 Å². The van der Waals surface area contributed by atoms with Gasteiger partial charge in [0.1, 0.15) is 0 Å². The lowest BCUT2D eigenvalue weighted by Crippen LogP contribution is -2.25. The van der Waals surface area contributed by atoms with Crippen molar-refractivity contribution < 1.29 is 4.79 Å². The van der Waals surface area contributed by atoms with Gasteiger partial charge in [-0.25, -0.2) is 0 Å². The van der Waals surface area contributed by atoms with E-state index in [1.54, 1.807) is 0 Å². The molecule has 1 aromatic carbocycles. The smallest absolute Gasteiger partial charge is 0.272 e. The fourth-order valence-electron chi connectivity index (χ4n) is 2.38. The summed E-state index contributed by atoms with van der Waals surface area (Å²) in [4.78, 5) is 12.0. The third-order valence-electron chi connectivity index (χ3n) is 3.70. The van der Waals surface area contributed by atoms with E-state index < -0.39 is 0 Å². The standard InChI is InChI=1S/C17H23N3O/c1-3-15-13(2)16(20-19-15)17(21)18-12-8-7-11-14-9-5-4-6-10-14/h4-6,9-10H,3,7-8,11-12H2,1-2H3,(H,18,21)(H,19,20). The normalized spacial score (nSPS) is 10.6. The number of nitrogens with zero attached hydrogens (tertiary/aromatic N) is 1. The summed E-state index contributed by atoms with van der Waals surface area (Å²) in [5, 5.41) is 9.95. The second-order valence-corrected chi connectivity index (χ2v) is 5.23. The van der Waals surface area contributed by atoms with Gasteiger partial charge in [0.15, 0.2) is 5.69 Å². The summed E-state index contributed by atoms with van der Waals surface area (Å²) in [6.45, 7) is 4.68. The molecule has 1 amide bonds. The third-order valence-corrected chi connectivity index (χ3v) is 3.70. The molecule has 0 radical (unpaired) electrons. The highest BCUT2D eigenvalue weighted by Gasteiger charge is 2.14. The summed E-state index contributed by atoms with van der Waals surface area (Å²) in [6, 6.07) is 10.4. The van der Waals surface area contributed by atoms with Gasteiger partial charge in [-0.05, 0) is 38.2 Å². The van der Waals surface area contributed by atoms with Crippen LogP contribution in [0.3, 0.4) is 0 Å². The van der Waals surface area contributed by atoms with Gasteiger partial charge in [-0.1, -0.05) is 37.3 Å². The Morgan fingerprint density at radius 2 is 2.00 bits per heavy atom. The van der Waals surface area contributed by atoms with Crippen LogP contribution in [0, 0.1) is 6.92 Å². The van der Waals surface area contributed by atoms with Crippen molar-refractivity contribution in [1.82, 2.24) is 15.5 Å². The van der Waals surface area contributed by atoms with Gasteiger partial charge in [0.05, 0.1) is 0 Å². The molecule has 4 heteroatoms. The second kappa shape index (κ2) is 7.62. The predicted octanol–water partition coefficient (Wildman–Crippen LogP) is 3.03. The van der Waals surface area contributed by atoms with Crippen molar-refractivity contribution >= 4 is 5.91 Å². The summed E-state index contributed by atoms with van der Waals surface area (Å²) < 4.78 is 0. The van der Waals surface area contributed by atoms with Gasteiger partial charge in [-0.3, -0.25) is 9.89 Å². The van der Waals surface area contributed by atoms with Crippen LogP contribution in [0.1, 0.15) is 47.1 Å². The zero-order valence-electron chi connectivity index (χ0n) is 12.8. The van der Waals surface area contributed by atoms with E-state index in [9.17, 15) is 4.79 Å². The Kier molecular flexibility index (Phi) is 5.55. The van der Waals surface area contributed by atoms with Gasteiger partial charge in [0, 0.05) is 17.8 Å². The monoisotopic (exact) mass is 285 g/mol. The first-order valence-electron chi connectivity index (χ1n) is 7.58. The van der Waals surface area contributed by atoms with Crippen LogP contribution in [0.5, 0.6) is 0 Å². The fraction of sp³-hybridized carbons (Fsp3) is 0.412. The maximum Gasteiger partial charge on any atom is 0.272 e. The first-order valence-corrected chi connectivity index (χ1v) is 7.58. The zero-order valence-corrected chi connectivity index (χ0v) is 12.8. The molecule has 0 unspecified atom stereocenters. The molecule has 0 aliphatic carbocycles. The van der Waals surface area contributed by atoms with Gasteiger partial charge in [-0.15, -0.1) is 0 Å². The Morgan fingerprint density at radius 3 is 2.67 bits per heavy atom. The molecule has 2 aromatic rings. The molecule has 1 heterocycles. The highest BCUT2D eigenvalue weighted by molar-refractivity contribution is 5.93. The summed E-state index contributed by atoms with van der Waals surface area (Å²) in [6.07, 6.45) is 3.97. The summed E-state index contributed by atoms with van der Waals surface area (Å²) >= 11 is 0. The molecule has 112 valence electrons. The summed E-state index contributed by atoms with van der Waals surface area (Å²) in [5.41, 5.74) is 3.86. The number of aromatic amines is 1. The summed E-state index contributed by atoms with van der Waals surface area (Å²) in [7, 11) is 0. The number of nitrogens with one attached hydrogen (secondary N) is 2. The van der Waals surface area contributed by atoms with E-state index in [2.05, 4.69) is 39.8 Å². The number of H-pyrrole nitrogens is 1. The molecule has 1 aromatic heterocycles. The van der Waals surface area contributed by atoms with Gasteiger partial charge >= 0.3 is 0 Å². The lowest BCUT2D eigenvalue weighted by Gasteiger charge is -2.04. The number of benzene rings is 1. The number of carbonyl (C=O) groups excluding carboxylic acids is 1. The zero-order chi connectivity index (χ0) is 15.1. The minimum Gasteiger partial charge on any atom is -0.351 e. The lowest BCUT2D eigenvalue weighted by atomic mass is 10.1. The van der Waals surface area contributed by atoms with Crippen molar-refractivity contribution in [2.24, 2.45) is 0 Å². The van der Waals surface area contributed by atoms with E-state index in [0.717, 1.165) is 36.9 Å². The minimum absolute atomic E-state index is 0.0804. The molecule has 0 saturated heterocycles. The van der Waals surface area contributed by atoms with Gasteiger partial charge in [0.25, 0.3) is 5.91 Å². The average molecular weight is 285 g/mol. The number of amides is 1. The molecule has 0 aliphatic heterocycles. The maximum absolute atomic E-state index is 12.0. The number of hydrogen-bond donors (Lipinski definition) is 2. The molecule has 0 fully saturated rings. The number of aryl methyl sites for hydroxylation is 2. The molecule has 0 bridgehead atoms. The summed E-state index contributed by atoms with van der Waals surface area (Å²) in [5.74, 6) is -0.0804. The molecule has 0 aliphatic rings. The maximum atomic E-state index is 12.0. The Bertz CT molecular complexity index is 575. The molecule has 0 atom stereocenters. The molecule has 0 saturated carbocycles. The fourth-order valence-corrected chi connectivity index (χ4v) is 2.38. The highest BCUT2D eigenvalue weighted by Crippen LogP contribution is 2.10. The van der Waals surface area contributed by atoms with Crippen molar-refractivity contribution in [1.29, 1.82) is 0 Å². The SMILES string of the molecule is CCc1[nH]nc(C(=O)NCCCCc2ccccc2)c1C. The quantitative estimate of drug-likeness (QED) is 0.768. The highest BCUT2D eigenvalue weighted by atomic mass is 16.1. The van der Waals surface area contributed by atoms with Crippen LogP contribution in [0.15, 0.2) is 30.3 Å². The Morgan fingerprint density at radius 1 is 1.24 bits per heavy atom. The van der Waals surface area contributed by atoms with Gasteiger partial charge < -0.3 is 5.32 Å². The molecule has 2 rings (SSSR count). The van der Waals surface area contributed by atoms with Crippen LogP contribution in [-0.4, -0.2) is 22.6 Å². The Labute approximate surface area is 126 Å². The predicted molar refractivity (Wildman–Crippen MR) is 84.4 cm³/mol. The first kappa shape index (κ1) is 15.3. The van der Waals surface area contributed by atoms with Crippen molar-refractivity contribution in [3.8, 4) is 0 Å². The number of aromatic nitrogens is 2. The van der Waals surface area contributed by atoms with Crippen molar-refractivity contribution in [3.63, 3.8) is 0 Å². The number of rotatable bonds is 7. The molecule has 21 heavy (non-hydrogen) atoms. The number of unbranched alkanes of at least 4 members (excludes halogenated alkanes) is 1. The van der Waals surface area contributed by atoms with E-state index in [0.29, 0.717) is 12.2 Å². The van der Waals surface area contributed by atoms with Gasteiger partial charge in [-0.2, -0.15) is 5.10 Å². The Balaban J connectivity index is 1.71. The molecule has 0 spiro atoms. The van der Waals surface area contributed by atoms with Crippen LogP contribution < -0.4 is 5.32 Å². The first-order chi connectivity index (χ1) is 10.2. The number of carbonyl (C=O) groups is 1. The van der Waals surface area contributed by atoms with E-state index >= 15 is 0 Å². The van der Waals surface area contributed by atoms with E-state index in [1.165, 1.54) is 5.56 Å². The van der Waals surface area contributed by atoms with Crippen LogP contribution in [0.2, 0.25) is 0 Å². The largest absolute Gasteiger partial charge is 0.351 e. The van der Waals surface area contributed by atoms with Crippen molar-refractivity contribution in [3.05, 3.63) is 52.8 Å². The Hall–Kier alpha value is -2.10. The molecular formula is C17H23N3O. The topological polar surface area (TPSA) is 57.8 Å². The third kappa shape index (κ3) is 4.18.